The van der Waals surface area contributed by atoms with Crippen molar-refractivity contribution in [1.82, 2.24) is 20.3 Å². The van der Waals surface area contributed by atoms with Crippen LogP contribution in [0.5, 0.6) is 0 Å². The quantitative estimate of drug-likeness (QED) is 0.521. The summed E-state index contributed by atoms with van der Waals surface area (Å²) >= 11 is 0. The minimum atomic E-state index is -0.991. The van der Waals surface area contributed by atoms with Crippen molar-refractivity contribution in [3.63, 3.8) is 0 Å². The van der Waals surface area contributed by atoms with Gasteiger partial charge in [-0.25, -0.2) is 0 Å². The monoisotopic (exact) mass is 271 g/mol. The zero-order valence-electron chi connectivity index (χ0n) is 10.6. The maximum atomic E-state index is 11.7. The van der Waals surface area contributed by atoms with E-state index in [-0.39, 0.29) is 18.7 Å². The van der Waals surface area contributed by atoms with Crippen molar-refractivity contribution >= 4 is 11.9 Å². The molecule has 1 aromatic rings. The van der Waals surface area contributed by atoms with Crippen molar-refractivity contribution in [2.75, 3.05) is 20.2 Å². The van der Waals surface area contributed by atoms with E-state index in [1.54, 1.807) is 0 Å². The lowest BCUT2D eigenvalue weighted by molar-refractivity contribution is -0.139. The Kier molecular flexibility index (Phi) is 5.90. The van der Waals surface area contributed by atoms with E-state index in [0.717, 1.165) is 0 Å². The lowest BCUT2D eigenvalue weighted by atomic mass is 10.2. The third-order valence-corrected chi connectivity index (χ3v) is 2.36. The van der Waals surface area contributed by atoms with Crippen molar-refractivity contribution in [2.45, 2.75) is 19.1 Å². The summed E-state index contributed by atoms with van der Waals surface area (Å²) in [5, 5.41) is 18.6. The van der Waals surface area contributed by atoms with Crippen LogP contribution >= 0.6 is 0 Å². The highest BCUT2D eigenvalue weighted by Crippen LogP contribution is 1.97. The van der Waals surface area contributed by atoms with E-state index < -0.39 is 18.0 Å². The van der Waals surface area contributed by atoms with E-state index in [9.17, 15) is 9.59 Å². The van der Waals surface area contributed by atoms with Gasteiger partial charge in [-0.3, -0.25) is 14.3 Å². The van der Waals surface area contributed by atoms with E-state index in [1.807, 2.05) is 0 Å². The van der Waals surface area contributed by atoms with Crippen LogP contribution in [-0.2, 0) is 16.1 Å². The van der Waals surface area contributed by atoms with Crippen LogP contribution < -0.4 is 11.1 Å². The molecule has 0 aliphatic heterocycles. The predicted octanol–water partition coefficient (Wildman–Crippen LogP) is -1.54. The van der Waals surface area contributed by atoms with Crippen LogP contribution in [0, 0.1) is 0 Å². The normalized spacial score (nSPS) is 12.1. The van der Waals surface area contributed by atoms with Crippen LogP contribution in [0.15, 0.2) is 6.20 Å². The fraction of sp³-hybridized carbons (Fsp3) is 0.600. The van der Waals surface area contributed by atoms with Gasteiger partial charge in [-0.15, -0.1) is 5.10 Å². The average molecular weight is 271 g/mol. The van der Waals surface area contributed by atoms with Gasteiger partial charge >= 0.3 is 5.97 Å². The molecule has 1 heterocycles. The number of ether oxygens (including phenoxy) is 1. The molecule has 4 N–H and O–H groups in total. The van der Waals surface area contributed by atoms with Gasteiger partial charge in [0.1, 0.15) is 0 Å². The van der Waals surface area contributed by atoms with Crippen molar-refractivity contribution in [3.8, 4) is 0 Å². The van der Waals surface area contributed by atoms with Gasteiger partial charge in [0.05, 0.1) is 25.3 Å². The number of hydrogen-bond acceptors (Lipinski definition) is 6. The zero-order valence-corrected chi connectivity index (χ0v) is 10.6. The summed E-state index contributed by atoms with van der Waals surface area (Å²) in [4.78, 5) is 22.2. The number of hydrogen-bond donors (Lipinski definition) is 3. The Balaban J connectivity index is 2.47. The van der Waals surface area contributed by atoms with E-state index in [2.05, 4.69) is 15.6 Å². The van der Waals surface area contributed by atoms with Crippen molar-refractivity contribution < 1.29 is 19.4 Å². The number of nitrogens with zero attached hydrogens (tertiary/aromatic N) is 3. The predicted molar refractivity (Wildman–Crippen MR) is 64.5 cm³/mol. The van der Waals surface area contributed by atoms with Gasteiger partial charge in [-0.2, -0.15) is 0 Å². The topological polar surface area (TPSA) is 132 Å². The molecule has 0 bridgehead atoms. The first-order valence-corrected chi connectivity index (χ1v) is 5.69. The largest absolute Gasteiger partial charge is 0.481 e. The van der Waals surface area contributed by atoms with Gasteiger partial charge in [0.2, 0.25) is 0 Å². The molecule has 106 valence electrons. The number of amides is 1. The summed E-state index contributed by atoms with van der Waals surface area (Å²) < 4.78 is 6.40. The van der Waals surface area contributed by atoms with Crippen LogP contribution in [0.1, 0.15) is 16.9 Å². The van der Waals surface area contributed by atoms with Crippen LogP contribution in [0.2, 0.25) is 0 Å². The van der Waals surface area contributed by atoms with Gasteiger partial charge in [-0.1, -0.05) is 5.21 Å². The number of nitrogens with one attached hydrogen (secondary N) is 1. The molecule has 1 rings (SSSR count). The number of methoxy groups -OCH3 is 1. The molecule has 1 atom stereocenters. The van der Waals surface area contributed by atoms with E-state index in [4.69, 9.17) is 15.6 Å². The summed E-state index contributed by atoms with van der Waals surface area (Å²) in [6.07, 6.45) is 0.707. The molecule has 9 heteroatoms. The highest BCUT2D eigenvalue weighted by molar-refractivity contribution is 5.91. The van der Waals surface area contributed by atoms with Gasteiger partial charge < -0.3 is 20.9 Å². The molecule has 1 amide bonds. The van der Waals surface area contributed by atoms with Gasteiger partial charge in [0.15, 0.2) is 5.69 Å². The molecule has 0 aliphatic rings. The molecule has 1 unspecified atom stereocenters. The number of aliphatic carboxylic acids is 1. The molecular weight excluding hydrogens is 254 g/mol. The Morgan fingerprint density at radius 2 is 2.37 bits per heavy atom. The summed E-state index contributed by atoms with van der Waals surface area (Å²) in [5.74, 6) is -1.43. The maximum absolute atomic E-state index is 11.7. The zero-order chi connectivity index (χ0) is 14.3. The third-order valence-electron chi connectivity index (χ3n) is 2.36. The van der Waals surface area contributed by atoms with E-state index in [1.165, 1.54) is 18.0 Å². The number of carboxylic acid groups (broad SMARTS) is 1. The summed E-state index contributed by atoms with van der Waals surface area (Å²) in [6, 6.07) is 0. The van der Waals surface area contributed by atoms with Gasteiger partial charge in [0.25, 0.3) is 5.91 Å². The number of aromatic nitrogens is 3. The summed E-state index contributed by atoms with van der Waals surface area (Å²) in [5.41, 5.74) is 5.50. The number of nitrogens with two attached hydrogens (primary N) is 1. The second-order valence-corrected chi connectivity index (χ2v) is 3.82. The van der Waals surface area contributed by atoms with Crippen LogP contribution in [-0.4, -0.2) is 58.3 Å². The Morgan fingerprint density at radius 3 is 2.95 bits per heavy atom. The second kappa shape index (κ2) is 7.44. The number of rotatable bonds is 8. The molecule has 0 radical (unpaired) electrons. The Labute approximate surface area is 109 Å². The lowest BCUT2D eigenvalue weighted by Crippen LogP contribution is -2.34. The Bertz CT molecular complexity index is 433. The summed E-state index contributed by atoms with van der Waals surface area (Å²) in [6.45, 7) is 0.958. The molecule has 0 fully saturated rings. The van der Waals surface area contributed by atoms with E-state index >= 15 is 0 Å². The SMILES string of the molecule is COC(CNC(=O)c1cn(CCN)nn1)CC(=O)O. The lowest BCUT2D eigenvalue weighted by Gasteiger charge is -2.12. The Morgan fingerprint density at radius 1 is 1.63 bits per heavy atom. The molecule has 0 aromatic carbocycles. The van der Waals surface area contributed by atoms with Gasteiger partial charge in [0, 0.05) is 20.2 Å². The fourth-order valence-corrected chi connectivity index (χ4v) is 1.37. The molecular formula is C10H17N5O4. The van der Waals surface area contributed by atoms with Crippen molar-refractivity contribution in [3.05, 3.63) is 11.9 Å². The summed E-state index contributed by atoms with van der Waals surface area (Å²) in [7, 11) is 1.39. The minimum Gasteiger partial charge on any atom is -0.481 e. The molecule has 9 nitrogen and oxygen atoms in total. The van der Waals surface area contributed by atoms with Crippen molar-refractivity contribution in [2.24, 2.45) is 5.73 Å². The molecule has 19 heavy (non-hydrogen) atoms. The first-order chi connectivity index (χ1) is 9.06. The van der Waals surface area contributed by atoms with Gasteiger partial charge in [-0.05, 0) is 0 Å². The molecule has 0 saturated carbocycles. The highest BCUT2D eigenvalue weighted by Gasteiger charge is 2.16. The Hall–Kier alpha value is -2.00. The number of carbonyl (C=O) groups excluding carboxylic acids is 1. The van der Waals surface area contributed by atoms with Crippen LogP contribution in [0.3, 0.4) is 0 Å². The minimum absolute atomic E-state index is 0.0887. The van der Waals surface area contributed by atoms with Crippen LogP contribution in [0.25, 0.3) is 0 Å². The molecule has 0 spiro atoms. The first-order valence-electron chi connectivity index (χ1n) is 5.69. The molecule has 1 aromatic heterocycles. The number of carboxylic acids is 1. The smallest absolute Gasteiger partial charge is 0.306 e. The van der Waals surface area contributed by atoms with Crippen molar-refractivity contribution in [1.29, 1.82) is 0 Å². The average Bonchev–Trinajstić information content (AvgIpc) is 2.82. The second-order valence-electron chi connectivity index (χ2n) is 3.82. The fourth-order valence-electron chi connectivity index (χ4n) is 1.37. The molecule has 0 aliphatic carbocycles. The number of carbonyl (C=O) groups is 2. The van der Waals surface area contributed by atoms with Crippen LogP contribution in [0.4, 0.5) is 0 Å². The standard InChI is InChI=1S/C10H17N5O4/c1-19-7(4-9(16)17)5-12-10(18)8-6-15(3-2-11)14-13-8/h6-7H,2-5,11H2,1H3,(H,12,18)(H,16,17). The molecule has 0 saturated heterocycles. The first kappa shape index (κ1) is 15.1. The highest BCUT2D eigenvalue weighted by atomic mass is 16.5. The maximum Gasteiger partial charge on any atom is 0.306 e. The van der Waals surface area contributed by atoms with E-state index in [0.29, 0.717) is 13.1 Å². The third kappa shape index (κ3) is 5.02.